The molecule has 290 valence electrons. The van der Waals surface area contributed by atoms with E-state index in [1.54, 1.807) is 22.4 Å². The molecule has 0 spiro atoms. The topological polar surface area (TPSA) is 180 Å². The maximum absolute atomic E-state index is 15.0. The number of nitrogens with one attached hydrogen (secondary N) is 3. The predicted molar refractivity (Wildman–Crippen MR) is 195 cm³/mol. The highest BCUT2D eigenvalue weighted by atomic mass is 32.1. The lowest BCUT2D eigenvalue weighted by atomic mass is 10.0. The second-order valence-electron chi connectivity index (χ2n) is 13.6. The average Bonchev–Trinajstić information content (AvgIpc) is 3.77. The largest absolute Gasteiger partial charge is 0.480 e. The highest BCUT2D eigenvalue weighted by Crippen LogP contribution is 2.37. The average molecular weight is 780 g/mol. The molecule has 18 heteroatoms. The summed E-state index contributed by atoms with van der Waals surface area (Å²) in [7, 11) is 0. The number of ether oxygens (including phenoxy) is 2. The quantitative estimate of drug-likeness (QED) is 0.182. The first-order chi connectivity index (χ1) is 26.6. The molecule has 15 nitrogen and oxygen atoms in total. The van der Waals surface area contributed by atoms with Gasteiger partial charge in [0, 0.05) is 68.2 Å². The number of imide groups is 2. The molecule has 0 radical (unpaired) electrons. The van der Waals surface area contributed by atoms with E-state index in [4.69, 9.17) is 9.47 Å². The number of aromatic nitrogens is 1. The fourth-order valence-electron chi connectivity index (χ4n) is 7.17. The van der Waals surface area contributed by atoms with Gasteiger partial charge in [0.15, 0.2) is 23.3 Å². The van der Waals surface area contributed by atoms with E-state index in [2.05, 4.69) is 20.9 Å². The number of thiazole rings is 1. The number of likely N-dealkylation sites (tertiary alicyclic amines) is 1. The van der Waals surface area contributed by atoms with E-state index < -0.39 is 59.6 Å². The fourth-order valence-corrected chi connectivity index (χ4v) is 8.05. The molecule has 7 rings (SSSR count). The summed E-state index contributed by atoms with van der Waals surface area (Å²) in [6.07, 6.45) is 1.90. The van der Waals surface area contributed by atoms with E-state index in [-0.39, 0.29) is 54.4 Å². The van der Waals surface area contributed by atoms with Crippen LogP contribution in [0.2, 0.25) is 0 Å². The van der Waals surface area contributed by atoms with Crippen molar-refractivity contribution in [3.05, 3.63) is 58.5 Å². The van der Waals surface area contributed by atoms with Gasteiger partial charge in [-0.15, -0.1) is 11.3 Å². The number of carbonyl (C=O) groups excluding carboxylic acids is 6. The molecule has 5 heterocycles. The van der Waals surface area contributed by atoms with Gasteiger partial charge in [0.25, 0.3) is 17.7 Å². The number of halogens is 2. The lowest BCUT2D eigenvalue weighted by Gasteiger charge is -2.33. The zero-order valence-corrected chi connectivity index (χ0v) is 30.6. The molecule has 1 aromatic heterocycles. The van der Waals surface area contributed by atoms with Crippen LogP contribution in [0, 0.1) is 11.6 Å². The van der Waals surface area contributed by atoms with Crippen LogP contribution in [-0.4, -0.2) is 115 Å². The number of amides is 6. The third-order valence-corrected chi connectivity index (χ3v) is 10.8. The summed E-state index contributed by atoms with van der Waals surface area (Å²) in [5.74, 6) is -5.80. The van der Waals surface area contributed by atoms with Gasteiger partial charge < -0.3 is 29.9 Å². The Balaban J connectivity index is 0.888. The van der Waals surface area contributed by atoms with Gasteiger partial charge in [-0.05, 0) is 49.9 Å². The number of morpholine rings is 1. The number of hydrogen-bond acceptors (Lipinski definition) is 12. The Morgan fingerprint density at radius 2 is 1.84 bits per heavy atom. The van der Waals surface area contributed by atoms with E-state index in [9.17, 15) is 37.5 Å². The van der Waals surface area contributed by atoms with E-state index >= 15 is 0 Å². The molecule has 3 N–H and O–H groups in total. The van der Waals surface area contributed by atoms with Gasteiger partial charge in [-0.3, -0.25) is 39.0 Å². The minimum atomic E-state index is -1.22. The normalized spacial score (nSPS) is 20.0. The van der Waals surface area contributed by atoms with Gasteiger partial charge in [-0.1, -0.05) is 6.07 Å². The SMILES string of the molecule is O=C1CCC(N2C(=O)c3cccc(NCCCC(=O)N4CCCC(NC(=O)COc5c(-c6csc(N7CCOCC7)n6)ccc(F)c5F)C4)c3C2=O)C(=O)N1. The number of rotatable bonds is 12. The maximum Gasteiger partial charge on any atom is 0.264 e. The first-order valence-corrected chi connectivity index (χ1v) is 19.0. The van der Waals surface area contributed by atoms with Gasteiger partial charge in [-0.25, -0.2) is 9.37 Å². The number of benzene rings is 2. The van der Waals surface area contributed by atoms with Crippen LogP contribution in [0.1, 0.15) is 59.2 Å². The second-order valence-corrected chi connectivity index (χ2v) is 14.4. The van der Waals surface area contributed by atoms with Crippen LogP contribution in [0.4, 0.5) is 19.6 Å². The smallest absolute Gasteiger partial charge is 0.264 e. The van der Waals surface area contributed by atoms with Crippen LogP contribution < -0.4 is 25.6 Å². The molecule has 3 saturated heterocycles. The highest BCUT2D eigenvalue weighted by molar-refractivity contribution is 7.14. The van der Waals surface area contributed by atoms with Crippen LogP contribution in [0.3, 0.4) is 0 Å². The summed E-state index contributed by atoms with van der Waals surface area (Å²) in [5.41, 5.74) is 1.30. The predicted octanol–water partition coefficient (Wildman–Crippen LogP) is 2.70. The molecule has 2 atom stereocenters. The summed E-state index contributed by atoms with van der Waals surface area (Å²) in [6, 6.07) is 5.69. The Kier molecular flexibility index (Phi) is 11.3. The summed E-state index contributed by atoms with van der Waals surface area (Å²) in [5, 5.41) is 10.6. The summed E-state index contributed by atoms with van der Waals surface area (Å²) in [4.78, 5) is 85.8. The molecular formula is C37H39F2N7O8S. The van der Waals surface area contributed by atoms with Gasteiger partial charge in [0.05, 0.1) is 30.0 Å². The van der Waals surface area contributed by atoms with Crippen molar-refractivity contribution in [3.63, 3.8) is 0 Å². The first kappa shape index (κ1) is 37.8. The molecule has 6 amide bonds. The zero-order chi connectivity index (χ0) is 38.6. The number of carbonyl (C=O) groups is 6. The molecule has 3 fully saturated rings. The van der Waals surface area contributed by atoms with E-state index in [1.165, 1.54) is 23.5 Å². The van der Waals surface area contributed by atoms with E-state index in [1.807, 2.05) is 4.90 Å². The van der Waals surface area contributed by atoms with Gasteiger partial charge >= 0.3 is 0 Å². The molecule has 0 bridgehead atoms. The van der Waals surface area contributed by atoms with Crippen molar-refractivity contribution >= 4 is 57.6 Å². The van der Waals surface area contributed by atoms with Crippen LogP contribution in [0.25, 0.3) is 11.3 Å². The molecule has 4 aliphatic heterocycles. The summed E-state index contributed by atoms with van der Waals surface area (Å²) >= 11 is 1.36. The van der Waals surface area contributed by atoms with Crippen molar-refractivity contribution in [1.82, 2.24) is 25.4 Å². The van der Waals surface area contributed by atoms with Crippen LogP contribution in [0.5, 0.6) is 5.75 Å². The van der Waals surface area contributed by atoms with Crippen LogP contribution in [-0.2, 0) is 23.9 Å². The number of hydrogen-bond donors (Lipinski definition) is 3. The van der Waals surface area contributed by atoms with Gasteiger partial charge in [0.2, 0.25) is 23.5 Å². The lowest BCUT2D eigenvalue weighted by Crippen LogP contribution is -2.54. The van der Waals surface area contributed by atoms with Crippen molar-refractivity contribution in [1.29, 1.82) is 0 Å². The molecule has 2 aromatic carbocycles. The zero-order valence-electron chi connectivity index (χ0n) is 29.7. The lowest BCUT2D eigenvalue weighted by molar-refractivity contribution is -0.136. The van der Waals surface area contributed by atoms with Crippen molar-refractivity contribution in [2.24, 2.45) is 0 Å². The third-order valence-electron chi connectivity index (χ3n) is 9.94. The molecule has 2 unspecified atom stereocenters. The van der Waals surface area contributed by atoms with Crippen molar-refractivity contribution < 1.29 is 47.0 Å². The second kappa shape index (κ2) is 16.5. The summed E-state index contributed by atoms with van der Waals surface area (Å²) in [6.45, 7) is 2.95. The Morgan fingerprint density at radius 1 is 1.02 bits per heavy atom. The molecule has 4 aliphatic rings. The third kappa shape index (κ3) is 8.14. The van der Waals surface area contributed by atoms with Crippen molar-refractivity contribution in [2.75, 3.05) is 62.8 Å². The molecular weight excluding hydrogens is 741 g/mol. The van der Waals surface area contributed by atoms with Crippen molar-refractivity contribution in [3.8, 4) is 17.0 Å². The number of piperidine rings is 2. The monoisotopic (exact) mass is 779 g/mol. The summed E-state index contributed by atoms with van der Waals surface area (Å²) < 4.78 is 40.2. The first-order valence-electron chi connectivity index (χ1n) is 18.1. The fraction of sp³-hybridized carbons (Fsp3) is 0.432. The Hall–Kier alpha value is -5.49. The minimum absolute atomic E-state index is 0.0195. The van der Waals surface area contributed by atoms with Gasteiger partial charge in [0.1, 0.15) is 6.04 Å². The maximum atomic E-state index is 15.0. The van der Waals surface area contributed by atoms with Crippen LogP contribution in [0.15, 0.2) is 35.7 Å². The molecule has 55 heavy (non-hydrogen) atoms. The van der Waals surface area contributed by atoms with Crippen molar-refractivity contribution in [2.45, 2.75) is 50.6 Å². The Labute approximate surface area is 318 Å². The molecule has 0 saturated carbocycles. The molecule has 3 aromatic rings. The van der Waals surface area contributed by atoms with Gasteiger partial charge in [-0.2, -0.15) is 4.39 Å². The Bertz CT molecular complexity index is 2020. The van der Waals surface area contributed by atoms with E-state index in [0.717, 1.165) is 11.0 Å². The van der Waals surface area contributed by atoms with E-state index in [0.29, 0.717) is 75.2 Å². The number of fused-ring (bicyclic) bond motifs is 1. The molecule has 0 aliphatic carbocycles. The standard InChI is InChI=1S/C37H39F2N7O8S/c38-24-9-8-22(26-20-55-37(42-26)44-14-16-53-17-15-44)33(32(24)39)54-19-29(48)41-21-4-3-13-45(18-21)30(49)7-2-12-40-25-6-1-5-23-31(25)36(52)46(35(23)51)27-10-11-28(47)43-34(27)50/h1,5-6,8-9,20-21,27,40H,2-4,7,10-19H2,(H,41,48)(H,43,47,50). The number of anilines is 2. The van der Waals surface area contributed by atoms with Crippen LogP contribution >= 0.6 is 11.3 Å². The highest BCUT2D eigenvalue weighted by Gasteiger charge is 2.45. The number of nitrogens with zero attached hydrogens (tertiary/aromatic N) is 4. The Morgan fingerprint density at radius 3 is 2.64 bits per heavy atom. The minimum Gasteiger partial charge on any atom is -0.480 e.